The van der Waals surface area contributed by atoms with Crippen LogP contribution in [0.5, 0.6) is 0 Å². The second-order valence-corrected chi connectivity index (χ2v) is 12.0. The molecule has 0 saturated carbocycles. The third kappa shape index (κ3) is 3.03. The first-order valence-electron chi connectivity index (χ1n) is 12.6. The van der Waals surface area contributed by atoms with Gasteiger partial charge in [-0.2, -0.15) is 13.2 Å². The Morgan fingerprint density at radius 3 is 1.45 bits per heavy atom. The van der Waals surface area contributed by atoms with Gasteiger partial charge in [-0.3, -0.25) is 0 Å². The molecular formula is C33H19F3S2. The van der Waals surface area contributed by atoms with Crippen molar-refractivity contribution >= 4 is 33.4 Å². The van der Waals surface area contributed by atoms with Gasteiger partial charge >= 0.3 is 6.18 Å². The summed E-state index contributed by atoms with van der Waals surface area (Å²) >= 11 is 3.52. The number of hydrogen-bond acceptors (Lipinski definition) is 2. The lowest BCUT2D eigenvalue weighted by atomic mass is 9.97. The molecule has 0 fully saturated rings. The monoisotopic (exact) mass is 536 g/mol. The van der Waals surface area contributed by atoms with Crippen molar-refractivity contribution in [3.05, 3.63) is 96.1 Å². The van der Waals surface area contributed by atoms with E-state index in [0.717, 1.165) is 16.9 Å². The minimum absolute atomic E-state index is 0.618. The van der Waals surface area contributed by atoms with E-state index in [0.29, 0.717) is 0 Å². The lowest BCUT2D eigenvalue weighted by molar-refractivity contribution is -0.137. The fourth-order valence-corrected chi connectivity index (χ4v) is 8.34. The number of aryl methyl sites for hydroxylation is 1. The van der Waals surface area contributed by atoms with Crippen LogP contribution in [0.4, 0.5) is 13.2 Å². The molecule has 4 aromatic carbocycles. The lowest BCUT2D eigenvalue weighted by Gasteiger charge is -2.08. The molecule has 2 aliphatic carbocycles. The van der Waals surface area contributed by atoms with E-state index in [1.165, 1.54) is 82.0 Å². The summed E-state index contributed by atoms with van der Waals surface area (Å²) in [6, 6.07) is 27.8. The van der Waals surface area contributed by atoms with Crippen LogP contribution in [0, 0.1) is 0 Å². The molecule has 0 nitrogen and oxygen atoms in total. The van der Waals surface area contributed by atoms with Gasteiger partial charge in [0.05, 0.1) is 5.56 Å². The van der Waals surface area contributed by atoms with Gasteiger partial charge in [-0.1, -0.05) is 67.6 Å². The fraction of sp³-hybridized carbons (Fsp3) is 0.0909. The maximum absolute atomic E-state index is 13.0. The Balaban J connectivity index is 1.21. The second-order valence-electron chi connectivity index (χ2n) is 9.90. The molecule has 0 bridgehead atoms. The average molecular weight is 537 g/mol. The third-order valence-corrected chi connectivity index (χ3v) is 10.3. The zero-order chi connectivity index (χ0) is 25.8. The number of hydrogen-bond donors (Lipinski definition) is 0. The molecule has 0 amide bonds. The van der Waals surface area contributed by atoms with Gasteiger partial charge in [0, 0.05) is 41.8 Å². The van der Waals surface area contributed by atoms with Crippen LogP contribution in [0.25, 0.3) is 74.8 Å². The Labute approximate surface area is 225 Å². The van der Waals surface area contributed by atoms with Crippen molar-refractivity contribution in [1.82, 2.24) is 0 Å². The topological polar surface area (TPSA) is 0 Å². The average Bonchev–Trinajstić information content (AvgIpc) is 3.67. The van der Waals surface area contributed by atoms with Crippen molar-refractivity contribution in [2.45, 2.75) is 19.5 Å². The van der Waals surface area contributed by atoms with Crippen molar-refractivity contribution in [2.75, 3.05) is 0 Å². The van der Waals surface area contributed by atoms with Gasteiger partial charge < -0.3 is 0 Å². The second kappa shape index (κ2) is 7.68. The van der Waals surface area contributed by atoms with Gasteiger partial charge in [-0.05, 0) is 69.3 Å². The maximum Gasteiger partial charge on any atom is 0.416 e. The molecule has 0 aliphatic heterocycles. The summed E-state index contributed by atoms with van der Waals surface area (Å²) in [6.45, 7) is 2.18. The van der Waals surface area contributed by atoms with Gasteiger partial charge in [-0.15, -0.1) is 22.7 Å². The number of rotatable bonds is 3. The molecule has 2 aliphatic rings. The summed E-state index contributed by atoms with van der Waals surface area (Å²) in [6.07, 6.45) is -3.28. The van der Waals surface area contributed by atoms with Crippen LogP contribution < -0.4 is 0 Å². The van der Waals surface area contributed by atoms with Crippen LogP contribution in [-0.4, -0.2) is 0 Å². The first-order valence-corrected chi connectivity index (χ1v) is 14.2. The Bertz CT molecular complexity index is 1840. The zero-order valence-corrected chi connectivity index (χ0v) is 21.9. The molecular weight excluding hydrogens is 517 g/mol. The van der Waals surface area contributed by atoms with Crippen molar-refractivity contribution < 1.29 is 13.2 Å². The van der Waals surface area contributed by atoms with E-state index < -0.39 is 11.7 Å². The van der Waals surface area contributed by atoms with Crippen LogP contribution in [0.2, 0.25) is 0 Å². The number of thiophene rings is 2. The molecule has 0 atom stereocenters. The van der Waals surface area contributed by atoms with Gasteiger partial charge in [0.15, 0.2) is 0 Å². The number of fused-ring (bicyclic) bond motifs is 6. The van der Waals surface area contributed by atoms with E-state index in [-0.39, 0.29) is 0 Å². The number of benzene rings is 4. The molecule has 0 unspecified atom stereocenters. The van der Waals surface area contributed by atoms with Crippen LogP contribution in [-0.2, 0) is 12.6 Å². The maximum atomic E-state index is 13.0. The minimum Gasteiger partial charge on any atom is -0.166 e. The Kier molecular flexibility index (Phi) is 4.52. The van der Waals surface area contributed by atoms with E-state index in [1.54, 1.807) is 23.5 Å². The van der Waals surface area contributed by atoms with Crippen molar-refractivity contribution in [3.63, 3.8) is 0 Å². The molecule has 5 heteroatoms. The van der Waals surface area contributed by atoms with Gasteiger partial charge in [0.2, 0.25) is 0 Å². The largest absolute Gasteiger partial charge is 0.416 e. The highest BCUT2D eigenvalue weighted by Crippen LogP contribution is 2.60. The Morgan fingerprint density at radius 2 is 1.00 bits per heavy atom. The van der Waals surface area contributed by atoms with Crippen molar-refractivity contribution in [3.8, 4) is 64.0 Å². The Hall–Kier alpha value is -3.67. The highest BCUT2D eigenvalue weighted by molar-refractivity contribution is 7.20. The van der Waals surface area contributed by atoms with Gasteiger partial charge in [0.1, 0.15) is 0 Å². The molecule has 38 heavy (non-hydrogen) atoms. The number of halogens is 3. The summed E-state index contributed by atoms with van der Waals surface area (Å²) < 4.78 is 39.1. The smallest absolute Gasteiger partial charge is 0.166 e. The predicted molar refractivity (Wildman–Crippen MR) is 154 cm³/mol. The Morgan fingerprint density at radius 1 is 0.553 bits per heavy atom. The highest BCUT2D eigenvalue weighted by atomic mass is 32.1. The quantitative estimate of drug-likeness (QED) is 0.211. The van der Waals surface area contributed by atoms with E-state index in [4.69, 9.17) is 0 Å². The SMILES string of the molecule is CCc1ccc(-c2cc3c(s2)-c2ccc4c5c(ccc-3c25)-c2cc(-c3ccc(C(F)(F)F)cc3)sc2-4)cc1. The molecule has 0 radical (unpaired) electrons. The predicted octanol–water partition coefficient (Wildman–Crippen LogP) is 11.2. The van der Waals surface area contributed by atoms with Gasteiger partial charge in [-0.25, -0.2) is 0 Å². The van der Waals surface area contributed by atoms with E-state index >= 15 is 0 Å². The molecule has 2 aromatic heterocycles. The number of alkyl halides is 3. The highest BCUT2D eigenvalue weighted by Gasteiger charge is 2.33. The summed E-state index contributed by atoms with van der Waals surface area (Å²) in [5, 5.41) is 2.63. The fourth-order valence-electron chi connectivity index (χ4n) is 5.92. The van der Waals surface area contributed by atoms with Crippen molar-refractivity contribution in [1.29, 1.82) is 0 Å². The molecule has 2 heterocycles. The normalized spacial score (nSPS) is 12.8. The third-order valence-electron chi connectivity index (χ3n) is 7.84. The molecule has 184 valence electrons. The first kappa shape index (κ1) is 22.3. The first-order chi connectivity index (χ1) is 18.4. The van der Waals surface area contributed by atoms with E-state index in [2.05, 4.69) is 67.6 Å². The summed E-state index contributed by atoms with van der Waals surface area (Å²) in [5.41, 5.74) is 10.3. The molecule has 0 N–H and O–H groups in total. The standard InChI is InChI=1S/C33H19F3S2/c1-2-17-3-5-18(6-4-17)27-15-25-21-11-12-22-26-16-28(19-7-9-20(10-8-19)33(34,35)36)38-32(26)24-14-13-23(31(25)37-27)29(21)30(22)24/h3-16H,2H2,1H3. The van der Waals surface area contributed by atoms with Crippen molar-refractivity contribution in [2.24, 2.45) is 0 Å². The lowest BCUT2D eigenvalue weighted by Crippen LogP contribution is -2.03. The van der Waals surface area contributed by atoms with Crippen LogP contribution in [0.3, 0.4) is 0 Å². The van der Waals surface area contributed by atoms with E-state index in [1.807, 2.05) is 11.3 Å². The van der Waals surface area contributed by atoms with Crippen LogP contribution in [0.1, 0.15) is 18.1 Å². The zero-order valence-electron chi connectivity index (χ0n) is 20.2. The summed E-state index contributed by atoms with van der Waals surface area (Å²) in [7, 11) is 0. The van der Waals surface area contributed by atoms with Crippen LogP contribution >= 0.6 is 22.7 Å². The molecule has 0 spiro atoms. The molecule has 0 saturated heterocycles. The minimum atomic E-state index is -4.33. The molecule has 6 aromatic rings. The molecule has 8 rings (SSSR count). The summed E-state index contributed by atoms with van der Waals surface area (Å²) in [4.78, 5) is 4.81. The van der Waals surface area contributed by atoms with Gasteiger partial charge in [0.25, 0.3) is 0 Å². The van der Waals surface area contributed by atoms with E-state index in [9.17, 15) is 13.2 Å². The summed E-state index contributed by atoms with van der Waals surface area (Å²) in [5.74, 6) is 0. The van der Waals surface area contributed by atoms with Crippen LogP contribution in [0.15, 0.2) is 84.9 Å².